The highest BCUT2D eigenvalue weighted by molar-refractivity contribution is 5.78. The summed E-state index contributed by atoms with van der Waals surface area (Å²) in [5.41, 5.74) is 0.313. The Bertz CT molecular complexity index is 482. The van der Waals surface area contributed by atoms with Gasteiger partial charge in [-0.3, -0.25) is 4.79 Å². The maximum Gasteiger partial charge on any atom is 0.222 e. The predicted octanol–water partition coefficient (Wildman–Crippen LogP) is 0.407. The Morgan fingerprint density at radius 1 is 1.50 bits per heavy atom. The van der Waals surface area contributed by atoms with Gasteiger partial charge in [-0.2, -0.15) is 5.26 Å². The van der Waals surface area contributed by atoms with Gasteiger partial charge in [-0.05, 0) is 6.42 Å². The van der Waals surface area contributed by atoms with Gasteiger partial charge < -0.3 is 9.80 Å². The van der Waals surface area contributed by atoms with Gasteiger partial charge in [0.2, 0.25) is 5.91 Å². The van der Waals surface area contributed by atoms with Gasteiger partial charge in [0.25, 0.3) is 0 Å². The smallest absolute Gasteiger partial charge is 0.222 e. The first kappa shape index (κ1) is 12.3. The quantitative estimate of drug-likeness (QED) is 0.768. The van der Waals surface area contributed by atoms with Crippen molar-refractivity contribution >= 4 is 11.7 Å². The zero-order chi connectivity index (χ0) is 13.0. The number of hydrogen-bond donors (Lipinski definition) is 0. The minimum Gasteiger partial charge on any atom is -0.355 e. The molecular formula is C12H15N5O. The van der Waals surface area contributed by atoms with E-state index in [-0.39, 0.29) is 5.91 Å². The van der Waals surface area contributed by atoms with Gasteiger partial charge >= 0.3 is 0 Å². The molecule has 1 aliphatic heterocycles. The molecule has 1 fully saturated rings. The highest BCUT2D eigenvalue weighted by Crippen LogP contribution is 2.13. The standard InChI is InChI=1S/C12H15N5O/c1-16(7-8-17-6-2-3-11(17)18)12-10(9-13)14-4-5-15-12/h4-5H,2-3,6-8H2,1H3. The van der Waals surface area contributed by atoms with Crippen LogP contribution in [0.5, 0.6) is 0 Å². The molecule has 18 heavy (non-hydrogen) atoms. The van der Waals surface area contributed by atoms with E-state index in [2.05, 4.69) is 9.97 Å². The summed E-state index contributed by atoms with van der Waals surface area (Å²) in [5.74, 6) is 0.773. The van der Waals surface area contributed by atoms with Crippen LogP contribution in [0.4, 0.5) is 5.82 Å². The molecule has 0 aliphatic carbocycles. The molecule has 0 bridgehead atoms. The average molecular weight is 245 g/mol. The Balaban J connectivity index is 1.97. The lowest BCUT2D eigenvalue weighted by molar-refractivity contribution is -0.127. The van der Waals surface area contributed by atoms with Gasteiger partial charge in [0.05, 0.1) is 0 Å². The molecule has 1 amide bonds. The molecule has 1 aromatic rings. The van der Waals surface area contributed by atoms with Crippen molar-refractivity contribution in [3.05, 3.63) is 18.1 Å². The monoisotopic (exact) mass is 245 g/mol. The van der Waals surface area contributed by atoms with E-state index < -0.39 is 0 Å². The molecule has 6 heteroatoms. The van der Waals surface area contributed by atoms with Crippen LogP contribution in [0, 0.1) is 11.3 Å². The van der Waals surface area contributed by atoms with E-state index in [1.807, 2.05) is 22.9 Å². The van der Waals surface area contributed by atoms with Crippen LogP contribution in [-0.2, 0) is 4.79 Å². The van der Waals surface area contributed by atoms with Crippen LogP contribution in [-0.4, -0.2) is 47.5 Å². The van der Waals surface area contributed by atoms with Gasteiger partial charge in [-0.1, -0.05) is 0 Å². The molecule has 0 N–H and O–H groups in total. The van der Waals surface area contributed by atoms with Gasteiger partial charge in [-0.25, -0.2) is 9.97 Å². The normalized spacial score (nSPS) is 14.7. The van der Waals surface area contributed by atoms with Gasteiger partial charge in [0.1, 0.15) is 6.07 Å². The topological polar surface area (TPSA) is 73.1 Å². The SMILES string of the molecule is CN(CCN1CCCC1=O)c1nccnc1C#N. The van der Waals surface area contributed by atoms with Crippen molar-refractivity contribution in [2.45, 2.75) is 12.8 Å². The van der Waals surface area contributed by atoms with Crippen molar-refractivity contribution in [2.24, 2.45) is 0 Å². The average Bonchev–Trinajstić information content (AvgIpc) is 2.81. The third-order valence-corrected chi connectivity index (χ3v) is 3.02. The third kappa shape index (κ3) is 2.56. The van der Waals surface area contributed by atoms with E-state index in [1.54, 1.807) is 6.20 Å². The summed E-state index contributed by atoms with van der Waals surface area (Å²) in [6.07, 6.45) is 4.66. The number of carbonyl (C=O) groups excluding carboxylic acids is 1. The van der Waals surface area contributed by atoms with Crippen molar-refractivity contribution in [3.63, 3.8) is 0 Å². The minimum atomic E-state index is 0.211. The lowest BCUT2D eigenvalue weighted by Gasteiger charge is -2.22. The molecule has 1 saturated heterocycles. The zero-order valence-electron chi connectivity index (χ0n) is 10.3. The maximum atomic E-state index is 11.5. The Morgan fingerprint density at radius 2 is 2.28 bits per heavy atom. The van der Waals surface area contributed by atoms with Crippen molar-refractivity contribution in [1.29, 1.82) is 5.26 Å². The van der Waals surface area contributed by atoms with E-state index >= 15 is 0 Å². The van der Waals surface area contributed by atoms with Crippen LogP contribution in [0.2, 0.25) is 0 Å². The largest absolute Gasteiger partial charge is 0.355 e. The summed E-state index contributed by atoms with van der Waals surface area (Å²) in [6.45, 7) is 2.15. The second-order valence-electron chi connectivity index (χ2n) is 4.25. The molecule has 0 unspecified atom stereocenters. The van der Waals surface area contributed by atoms with E-state index in [9.17, 15) is 4.79 Å². The number of amides is 1. The highest BCUT2D eigenvalue weighted by atomic mass is 16.2. The lowest BCUT2D eigenvalue weighted by atomic mass is 10.4. The van der Waals surface area contributed by atoms with E-state index in [1.165, 1.54) is 6.20 Å². The van der Waals surface area contributed by atoms with Crippen molar-refractivity contribution in [1.82, 2.24) is 14.9 Å². The van der Waals surface area contributed by atoms with Crippen LogP contribution in [0.3, 0.4) is 0 Å². The molecule has 0 radical (unpaired) electrons. The van der Waals surface area contributed by atoms with Crippen LogP contribution < -0.4 is 4.90 Å². The number of anilines is 1. The maximum absolute atomic E-state index is 11.5. The Morgan fingerprint density at radius 3 is 2.94 bits per heavy atom. The second-order valence-corrected chi connectivity index (χ2v) is 4.25. The van der Waals surface area contributed by atoms with Crippen LogP contribution in [0.15, 0.2) is 12.4 Å². The molecule has 0 aromatic carbocycles. The highest BCUT2D eigenvalue weighted by Gasteiger charge is 2.20. The molecule has 6 nitrogen and oxygen atoms in total. The molecule has 2 heterocycles. The number of likely N-dealkylation sites (N-methyl/N-ethyl adjacent to an activating group) is 1. The summed E-state index contributed by atoms with van der Waals surface area (Å²) in [7, 11) is 1.85. The number of hydrogen-bond acceptors (Lipinski definition) is 5. The van der Waals surface area contributed by atoms with Crippen LogP contribution in [0.1, 0.15) is 18.5 Å². The second kappa shape index (κ2) is 5.45. The van der Waals surface area contributed by atoms with Crippen LogP contribution in [0.25, 0.3) is 0 Å². The summed E-state index contributed by atoms with van der Waals surface area (Å²) in [6, 6.07) is 2.02. The zero-order valence-corrected chi connectivity index (χ0v) is 10.3. The third-order valence-electron chi connectivity index (χ3n) is 3.02. The predicted molar refractivity (Wildman–Crippen MR) is 65.8 cm³/mol. The van der Waals surface area contributed by atoms with Crippen molar-refractivity contribution in [2.75, 3.05) is 31.6 Å². The molecule has 0 saturated carbocycles. The number of aromatic nitrogens is 2. The number of nitrogens with zero attached hydrogens (tertiary/aromatic N) is 5. The number of rotatable bonds is 4. The first-order valence-corrected chi connectivity index (χ1v) is 5.92. The Labute approximate surface area is 106 Å². The molecule has 2 rings (SSSR count). The number of carbonyl (C=O) groups is 1. The van der Waals surface area contributed by atoms with Gasteiger partial charge in [-0.15, -0.1) is 0 Å². The van der Waals surface area contributed by atoms with Crippen molar-refractivity contribution < 1.29 is 4.79 Å². The molecule has 1 aromatic heterocycles. The molecule has 0 atom stereocenters. The lowest BCUT2D eigenvalue weighted by Crippen LogP contribution is -2.34. The molecule has 0 spiro atoms. The van der Waals surface area contributed by atoms with Gasteiger partial charge in [0.15, 0.2) is 11.5 Å². The summed E-state index contributed by atoms with van der Waals surface area (Å²) in [5, 5.41) is 8.95. The summed E-state index contributed by atoms with van der Waals surface area (Å²) >= 11 is 0. The van der Waals surface area contributed by atoms with Crippen molar-refractivity contribution in [3.8, 4) is 6.07 Å². The summed E-state index contributed by atoms with van der Waals surface area (Å²) < 4.78 is 0. The molecule has 1 aliphatic rings. The fourth-order valence-corrected chi connectivity index (χ4v) is 2.01. The Kier molecular flexibility index (Phi) is 3.72. The van der Waals surface area contributed by atoms with E-state index in [0.717, 1.165) is 13.0 Å². The first-order chi connectivity index (χ1) is 8.72. The van der Waals surface area contributed by atoms with E-state index in [0.29, 0.717) is 31.0 Å². The fraction of sp³-hybridized carbons (Fsp3) is 0.500. The summed E-state index contributed by atoms with van der Waals surface area (Å²) in [4.78, 5) is 23.3. The number of nitriles is 1. The van der Waals surface area contributed by atoms with Gasteiger partial charge in [0, 0.05) is 45.5 Å². The first-order valence-electron chi connectivity index (χ1n) is 5.92. The Hall–Kier alpha value is -2.16. The molecule has 94 valence electrons. The number of likely N-dealkylation sites (tertiary alicyclic amines) is 1. The van der Waals surface area contributed by atoms with Crippen LogP contribution >= 0.6 is 0 Å². The minimum absolute atomic E-state index is 0.211. The fourth-order valence-electron chi connectivity index (χ4n) is 2.01. The van der Waals surface area contributed by atoms with E-state index in [4.69, 9.17) is 5.26 Å². The molecular weight excluding hydrogens is 230 g/mol.